The maximum atomic E-state index is 10.9. The predicted molar refractivity (Wildman–Crippen MR) is 79.2 cm³/mol. The van der Waals surface area contributed by atoms with Gasteiger partial charge in [0.05, 0.1) is 11.5 Å². The molecule has 0 bridgehead atoms. The van der Waals surface area contributed by atoms with E-state index in [1.807, 2.05) is 13.8 Å². The fraction of sp³-hybridized carbons (Fsp3) is 0.600. The summed E-state index contributed by atoms with van der Waals surface area (Å²) in [5.74, 6) is 1.32. The first-order valence-corrected chi connectivity index (χ1v) is 7.27. The van der Waals surface area contributed by atoms with Gasteiger partial charge in [-0.25, -0.2) is 0 Å². The van der Waals surface area contributed by atoms with Crippen LogP contribution in [-0.2, 0) is 11.3 Å². The summed E-state index contributed by atoms with van der Waals surface area (Å²) >= 11 is 0. The van der Waals surface area contributed by atoms with E-state index in [-0.39, 0.29) is 12.5 Å². The molecule has 1 fully saturated rings. The molecule has 1 N–H and O–H groups in total. The topological polar surface area (TPSA) is 73.6 Å². The monoisotopic (exact) mass is 294 g/mol. The molecule has 21 heavy (non-hydrogen) atoms. The van der Waals surface area contributed by atoms with Crippen LogP contribution >= 0.6 is 0 Å². The molecule has 0 spiro atoms. The highest BCUT2D eigenvalue weighted by Crippen LogP contribution is 2.29. The van der Waals surface area contributed by atoms with Crippen LogP contribution in [0.1, 0.15) is 32.3 Å². The fourth-order valence-electron chi connectivity index (χ4n) is 1.88. The zero-order chi connectivity index (χ0) is 15.2. The molecular formula is C15H22N2O4. The lowest BCUT2D eigenvalue weighted by molar-refractivity contribution is -0.384. The molecule has 0 unspecified atom stereocenters. The van der Waals surface area contributed by atoms with Crippen molar-refractivity contribution in [3.8, 4) is 5.75 Å². The number of nitro groups is 1. The average molecular weight is 294 g/mol. The molecule has 0 radical (unpaired) electrons. The second kappa shape index (κ2) is 7.38. The lowest BCUT2D eigenvalue weighted by atomic mass is 10.1. The minimum atomic E-state index is -0.397. The van der Waals surface area contributed by atoms with Crippen molar-refractivity contribution in [1.82, 2.24) is 5.32 Å². The van der Waals surface area contributed by atoms with Crippen LogP contribution in [0.4, 0.5) is 5.69 Å². The van der Waals surface area contributed by atoms with Gasteiger partial charge < -0.3 is 14.8 Å². The molecule has 6 heteroatoms. The SMILES string of the molecule is CC(C)NCc1cc([N+](=O)[O-])ccc1OCOCC1CC1. The normalized spacial score (nSPS) is 14.4. The van der Waals surface area contributed by atoms with Gasteiger partial charge in [0.1, 0.15) is 5.75 Å². The molecule has 0 amide bonds. The van der Waals surface area contributed by atoms with E-state index >= 15 is 0 Å². The summed E-state index contributed by atoms with van der Waals surface area (Å²) in [6.07, 6.45) is 2.47. The van der Waals surface area contributed by atoms with Crippen molar-refractivity contribution in [2.24, 2.45) is 5.92 Å². The highest BCUT2D eigenvalue weighted by atomic mass is 16.7. The number of rotatable bonds is 9. The quantitative estimate of drug-likeness (QED) is 0.328. The van der Waals surface area contributed by atoms with Gasteiger partial charge in [-0.05, 0) is 24.8 Å². The third kappa shape index (κ3) is 5.32. The van der Waals surface area contributed by atoms with E-state index in [0.717, 1.165) is 12.2 Å². The second-order valence-corrected chi connectivity index (χ2v) is 5.66. The first-order chi connectivity index (χ1) is 10.1. The summed E-state index contributed by atoms with van der Waals surface area (Å²) in [6, 6.07) is 4.93. The third-order valence-corrected chi connectivity index (χ3v) is 3.30. The summed E-state index contributed by atoms with van der Waals surface area (Å²) in [7, 11) is 0. The maximum Gasteiger partial charge on any atom is 0.270 e. The highest BCUT2D eigenvalue weighted by molar-refractivity contribution is 5.43. The van der Waals surface area contributed by atoms with Crippen LogP contribution in [0.3, 0.4) is 0 Å². The van der Waals surface area contributed by atoms with Gasteiger partial charge in [-0.3, -0.25) is 10.1 Å². The fourth-order valence-corrected chi connectivity index (χ4v) is 1.88. The molecule has 1 aromatic carbocycles. The van der Waals surface area contributed by atoms with Crippen LogP contribution in [0.2, 0.25) is 0 Å². The standard InChI is InChI=1S/C15H22N2O4/c1-11(2)16-8-13-7-14(17(18)19)5-6-15(13)21-10-20-9-12-3-4-12/h5-7,11-12,16H,3-4,8-10H2,1-2H3. The van der Waals surface area contributed by atoms with Crippen molar-refractivity contribution < 1.29 is 14.4 Å². The Hall–Kier alpha value is -1.66. The molecule has 0 aliphatic heterocycles. The largest absolute Gasteiger partial charge is 0.467 e. The Morgan fingerprint density at radius 2 is 2.19 bits per heavy atom. The first kappa shape index (κ1) is 15.7. The van der Waals surface area contributed by atoms with Crippen LogP contribution in [0.25, 0.3) is 0 Å². The Balaban J connectivity index is 1.96. The zero-order valence-electron chi connectivity index (χ0n) is 12.5. The Morgan fingerprint density at radius 1 is 1.43 bits per heavy atom. The number of benzene rings is 1. The van der Waals surface area contributed by atoms with Gasteiger partial charge in [0, 0.05) is 30.3 Å². The van der Waals surface area contributed by atoms with Crippen molar-refractivity contribution in [2.75, 3.05) is 13.4 Å². The maximum absolute atomic E-state index is 10.9. The van der Waals surface area contributed by atoms with Gasteiger partial charge in [0.2, 0.25) is 0 Å². The Labute approximate surface area is 124 Å². The summed E-state index contributed by atoms with van der Waals surface area (Å²) in [5.41, 5.74) is 0.842. The van der Waals surface area contributed by atoms with Gasteiger partial charge in [-0.1, -0.05) is 13.8 Å². The minimum Gasteiger partial charge on any atom is -0.467 e. The van der Waals surface area contributed by atoms with Crippen LogP contribution in [0.15, 0.2) is 18.2 Å². The van der Waals surface area contributed by atoms with Crippen LogP contribution in [0.5, 0.6) is 5.75 Å². The number of hydrogen-bond donors (Lipinski definition) is 1. The number of nitrogens with zero attached hydrogens (tertiary/aromatic N) is 1. The van der Waals surface area contributed by atoms with Gasteiger partial charge in [-0.15, -0.1) is 0 Å². The molecule has 1 aliphatic rings. The number of non-ortho nitro benzene ring substituents is 1. The molecular weight excluding hydrogens is 272 g/mol. The lowest BCUT2D eigenvalue weighted by Gasteiger charge is -2.13. The third-order valence-electron chi connectivity index (χ3n) is 3.30. The Kier molecular flexibility index (Phi) is 5.52. The lowest BCUT2D eigenvalue weighted by Crippen LogP contribution is -2.22. The van der Waals surface area contributed by atoms with Gasteiger partial charge in [-0.2, -0.15) is 0 Å². The van der Waals surface area contributed by atoms with Gasteiger partial charge in [0.25, 0.3) is 5.69 Å². The molecule has 116 valence electrons. The summed E-state index contributed by atoms with van der Waals surface area (Å²) in [6.45, 7) is 5.49. The molecule has 1 aliphatic carbocycles. The number of nitrogens with one attached hydrogen (secondary N) is 1. The van der Waals surface area contributed by atoms with Gasteiger partial charge in [0.15, 0.2) is 6.79 Å². The van der Waals surface area contributed by atoms with E-state index < -0.39 is 4.92 Å². The highest BCUT2D eigenvalue weighted by Gasteiger charge is 2.21. The Morgan fingerprint density at radius 3 is 2.81 bits per heavy atom. The van der Waals surface area contributed by atoms with E-state index in [4.69, 9.17) is 9.47 Å². The molecule has 2 rings (SSSR count). The predicted octanol–water partition coefficient (Wildman–Crippen LogP) is 2.86. The molecule has 0 atom stereocenters. The second-order valence-electron chi connectivity index (χ2n) is 5.66. The van der Waals surface area contributed by atoms with Crippen molar-refractivity contribution >= 4 is 5.69 Å². The van der Waals surface area contributed by atoms with E-state index in [0.29, 0.717) is 24.3 Å². The first-order valence-electron chi connectivity index (χ1n) is 7.27. The minimum absolute atomic E-state index is 0.0711. The van der Waals surface area contributed by atoms with Crippen LogP contribution < -0.4 is 10.1 Å². The summed E-state index contributed by atoms with van der Waals surface area (Å²) < 4.78 is 11.0. The van der Waals surface area contributed by atoms with Crippen molar-refractivity contribution in [1.29, 1.82) is 0 Å². The average Bonchev–Trinajstić information content (AvgIpc) is 3.25. The number of ether oxygens (including phenoxy) is 2. The van der Waals surface area contributed by atoms with E-state index in [1.165, 1.54) is 18.9 Å². The molecule has 6 nitrogen and oxygen atoms in total. The van der Waals surface area contributed by atoms with E-state index in [9.17, 15) is 10.1 Å². The Bertz CT molecular complexity index is 487. The van der Waals surface area contributed by atoms with Crippen LogP contribution in [-0.4, -0.2) is 24.4 Å². The van der Waals surface area contributed by atoms with Crippen LogP contribution in [0, 0.1) is 16.0 Å². The van der Waals surface area contributed by atoms with Gasteiger partial charge >= 0.3 is 0 Å². The van der Waals surface area contributed by atoms with E-state index in [1.54, 1.807) is 12.1 Å². The van der Waals surface area contributed by atoms with Crippen molar-refractivity contribution in [3.05, 3.63) is 33.9 Å². The summed E-state index contributed by atoms with van der Waals surface area (Å²) in [4.78, 5) is 10.5. The molecule has 0 aromatic heterocycles. The molecule has 1 aromatic rings. The smallest absolute Gasteiger partial charge is 0.270 e. The number of hydrogen-bond acceptors (Lipinski definition) is 5. The number of nitro benzene ring substituents is 1. The summed E-state index contributed by atoms with van der Waals surface area (Å²) in [5, 5.41) is 14.1. The molecule has 0 heterocycles. The van der Waals surface area contributed by atoms with E-state index in [2.05, 4.69) is 5.32 Å². The van der Waals surface area contributed by atoms with Crippen molar-refractivity contribution in [2.45, 2.75) is 39.3 Å². The zero-order valence-corrected chi connectivity index (χ0v) is 12.5. The van der Waals surface area contributed by atoms with Crippen molar-refractivity contribution in [3.63, 3.8) is 0 Å². The molecule has 0 saturated heterocycles. The molecule has 1 saturated carbocycles.